The second-order valence-electron chi connectivity index (χ2n) is 5.26. The summed E-state index contributed by atoms with van der Waals surface area (Å²) >= 11 is 0. The zero-order valence-corrected chi connectivity index (χ0v) is 11.1. The van der Waals surface area contributed by atoms with Crippen molar-refractivity contribution in [3.05, 3.63) is 24.0 Å². The van der Waals surface area contributed by atoms with Crippen LogP contribution in [0, 0.1) is 5.82 Å². The smallest absolute Gasteiger partial charge is 0.146 e. The van der Waals surface area contributed by atoms with Crippen LogP contribution < -0.4 is 10.1 Å². The van der Waals surface area contributed by atoms with Crippen molar-refractivity contribution in [2.45, 2.75) is 38.4 Å². The summed E-state index contributed by atoms with van der Waals surface area (Å²) in [6, 6.07) is 4.67. The third-order valence-electron chi connectivity index (χ3n) is 3.25. The van der Waals surface area contributed by atoms with Crippen molar-refractivity contribution in [3.8, 4) is 5.75 Å². The molecule has 1 aliphatic rings. The number of benzene rings is 1. The summed E-state index contributed by atoms with van der Waals surface area (Å²) < 4.78 is 24.5. The van der Waals surface area contributed by atoms with Gasteiger partial charge in [-0.25, -0.2) is 4.39 Å². The molecule has 1 saturated heterocycles. The number of hydrogen-bond donors (Lipinski definition) is 1. The average molecular weight is 253 g/mol. The van der Waals surface area contributed by atoms with E-state index in [2.05, 4.69) is 19.2 Å². The van der Waals surface area contributed by atoms with E-state index in [1.807, 2.05) is 0 Å². The van der Waals surface area contributed by atoms with E-state index in [4.69, 9.17) is 9.47 Å². The van der Waals surface area contributed by atoms with Crippen LogP contribution in [-0.2, 0) is 4.74 Å². The fourth-order valence-electron chi connectivity index (χ4n) is 2.21. The van der Waals surface area contributed by atoms with Crippen LogP contribution in [0.1, 0.15) is 26.7 Å². The Bertz CT molecular complexity index is 420. The lowest BCUT2D eigenvalue weighted by Crippen LogP contribution is -2.25. The van der Waals surface area contributed by atoms with Gasteiger partial charge in [-0.1, -0.05) is 0 Å². The maximum atomic E-state index is 13.6. The van der Waals surface area contributed by atoms with Crippen LogP contribution in [-0.4, -0.2) is 25.4 Å². The van der Waals surface area contributed by atoms with Crippen LogP contribution in [0.2, 0.25) is 0 Å². The monoisotopic (exact) mass is 253 g/mol. The van der Waals surface area contributed by atoms with Gasteiger partial charge in [-0.05, 0) is 38.8 Å². The summed E-state index contributed by atoms with van der Waals surface area (Å²) in [6.45, 7) is 4.78. The minimum Gasteiger partial charge on any atom is -0.497 e. The first kappa shape index (κ1) is 13.1. The Kier molecular flexibility index (Phi) is 3.76. The van der Waals surface area contributed by atoms with Gasteiger partial charge in [0.2, 0.25) is 0 Å². The van der Waals surface area contributed by atoms with Crippen molar-refractivity contribution in [2.75, 3.05) is 19.0 Å². The zero-order valence-electron chi connectivity index (χ0n) is 11.1. The molecule has 1 N–H and O–H groups in total. The average Bonchev–Trinajstić information content (AvgIpc) is 2.68. The SMILES string of the molecule is COc1ccc(F)c(NCC2CCC(C)(C)O2)c1. The highest BCUT2D eigenvalue weighted by atomic mass is 19.1. The molecule has 2 rings (SSSR count). The van der Waals surface area contributed by atoms with Gasteiger partial charge in [0.05, 0.1) is 24.5 Å². The summed E-state index contributed by atoms with van der Waals surface area (Å²) in [7, 11) is 1.57. The van der Waals surface area contributed by atoms with Crippen LogP contribution >= 0.6 is 0 Å². The predicted octanol–water partition coefficient (Wildman–Crippen LogP) is 3.20. The Labute approximate surface area is 107 Å². The van der Waals surface area contributed by atoms with E-state index in [9.17, 15) is 4.39 Å². The predicted molar refractivity (Wildman–Crippen MR) is 69.6 cm³/mol. The molecule has 4 heteroatoms. The minimum absolute atomic E-state index is 0.0563. The summed E-state index contributed by atoms with van der Waals surface area (Å²) in [4.78, 5) is 0. The number of anilines is 1. The molecule has 1 aliphatic heterocycles. The van der Waals surface area contributed by atoms with Crippen LogP contribution in [0.3, 0.4) is 0 Å². The Morgan fingerprint density at radius 1 is 1.50 bits per heavy atom. The second-order valence-corrected chi connectivity index (χ2v) is 5.26. The molecule has 0 radical (unpaired) electrons. The number of halogens is 1. The molecular formula is C14H20FNO2. The van der Waals surface area contributed by atoms with Gasteiger partial charge < -0.3 is 14.8 Å². The third-order valence-corrected chi connectivity index (χ3v) is 3.25. The zero-order chi connectivity index (χ0) is 13.2. The Morgan fingerprint density at radius 2 is 2.28 bits per heavy atom. The molecule has 0 spiro atoms. The summed E-state index contributed by atoms with van der Waals surface area (Å²) in [6.07, 6.45) is 2.19. The van der Waals surface area contributed by atoms with Crippen LogP contribution in [0.5, 0.6) is 5.75 Å². The maximum absolute atomic E-state index is 13.6. The highest BCUT2D eigenvalue weighted by Gasteiger charge is 2.31. The van der Waals surface area contributed by atoms with Crippen molar-refractivity contribution >= 4 is 5.69 Å². The van der Waals surface area contributed by atoms with Crippen molar-refractivity contribution in [2.24, 2.45) is 0 Å². The highest BCUT2D eigenvalue weighted by Crippen LogP contribution is 2.30. The van der Waals surface area contributed by atoms with Gasteiger partial charge in [0.25, 0.3) is 0 Å². The van der Waals surface area contributed by atoms with E-state index in [-0.39, 0.29) is 17.5 Å². The molecule has 0 amide bonds. The number of ether oxygens (including phenoxy) is 2. The molecule has 0 bridgehead atoms. The molecule has 1 atom stereocenters. The van der Waals surface area contributed by atoms with E-state index < -0.39 is 0 Å². The first-order chi connectivity index (χ1) is 8.50. The van der Waals surface area contributed by atoms with Gasteiger partial charge in [0.15, 0.2) is 0 Å². The molecule has 100 valence electrons. The topological polar surface area (TPSA) is 30.5 Å². The molecule has 1 unspecified atom stereocenters. The number of rotatable bonds is 4. The van der Waals surface area contributed by atoms with Gasteiger partial charge in [-0.15, -0.1) is 0 Å². The Morgan fingerprint density at radius 3 is 2.89 bits per heavy atom. The van der Waals surface area contributed by atoms with E-state index >= 15 is 0 Å². The van der Waals surface area contributed by atoms with Crippen molar-refractivity contribution in [1.29, 1.82) is 0 Å². The first-order valence-electron chi connectivity index (χ1n) is 6.25. The fraction of sp³-hybridized carbons (Fsp3) is 0.571. The molecule has 0 saturated carbocycles. The lowest BCUT2D eigenvalue weighted by Gasteiger charge is -2.20. The number of methoxy groups -OCH3 is 1. The van der Waals surface area contributed by atoms with Gasteiger partial charge in [0, 0.05) is 12.6 Å². The maximum Gasteiger partial charge on any atom is 0.146 e. The van der Waals surface area contributed by atoms with Crippen molar-refractivity contribution in [3.63, 3.8) is 0 Å². The molecule has 1 fully saturated rings. The molecule has 18 heavy (non-hydrogen) atoms. The van der Waals surface area contributed by atoms with Crippen LogP contribution in [0.4, 0.5) is 10.1 Å². The van der Waals surface area contributed by atoms with Gasteiger partial charge in [-0.3, -0.25) is 0 Å². The largest absolute Gasteiger partial charge is 0.497 e. The molecule has 1 aromatic carbocycles. The minimum atomic E-state index is -0.270. The molecular weight excluding hydrogens is 233 g/mol. The highest BCUT2D eigenvalue weighted by molar-refractivity contribution is 5.49. The van der Waals surface area contributed by atoms with Gasteiger partial charge >= 0.3 is 0 Å². The van der Waals surface area contributed by atoms with Gasteiger partial charge in [0.1, 0.15) is 11.6 Å². The summed E-state index contributed by atoms with van der Waals surface area (Å²) in [5.74, 6) is 0.375. The first-order valence-corrected chi connectivity index (χ1v) is 6.25. The lowest BCUT2D eigenvalue weighted by molar-refractivity contribution is -0.00912. The molecule has 3 nitrogen and oxygen atoms in total. The lowest BCUT2D eigenvalue weighted by atomic mass is 10.1. The molecule has 1 aromatic rings. The normalized spacial score (nSPS) is 21.9. The van der Waals surface area contributed by atoms with E-state index in [1.54, 1.807) is 19.2 Å². The summed E-state index contributed by atoms with van der Waals surface area (Å²) in [5.41, 5.74) is 0.405. The third kappa shape index (κ3) is 3.13. The fourth-order valence-corrected chi connectivity index (χ4v) is 2.21. The number of nitrogens with one attached hydrogen (secondary N) is 1. The molecule has 0 aliphatic carbocycles. The van der Waals surface area contributed by atoms with Gasteiger partial charge in [-0.2, -0.15) is 0 Å². The van der Waals surface area contributed by atoms with Crippen LogP contribution in [0.15, 0.2) is 18.2 Å². The van der Waals surface area contributed by atoms with Crippen LogP contribution in [0.25, 0.3) is 0 Å². The standard InChI is InChI=1S/C14H20FNO2/c1-14(2)7-6-11(18-14)9-16-13-8-10(17-3)4-5-12(13)15/h4-5,8,11,16H,6-7,9H2,1-3H3. The second kappa shape index (κ2) is 5.14. The quantitative estimate of drug-likeness (QED) is 0.893. The Balaban J connectivity index is 1.94. The molecule has 1 heterocycles. The van der Waals surface area contributed by atoms with Crippen molar-refractivity contribution in [1.82, 2.24) is 0 Å². The summed E-state index contributed by atoms with van der Waals surface area (Å²) in [5, 5.41) is 3.09. The van der Waals surface area contributed by atoms with E-state index in [0.717, 1.165) is 12.8 Å². The Hall–Kier alpha value is -1.29. The number of hydrogen-bond acceptors (Lipinski definition) is 3. The van der Waals surface area contributed by atoms with E-state index in [1.165, 1.54) is 6.07 Å². The van der Waals surface area contributed by atoms with Crippen molar-refractivity contribution < 1.29 is 13.9 Å². The van der Waals surface area contributed by atoms with E-state index in [0.29, 0.717) is 18.0 Å². The molecule has 0 aromatic heterocycles.